The van der Waals surface area contributed by atoms with Crippen molar-refractivity contribution < 1.29 is 9.90 Å². The summed E-state index contributed by atoms with van der Waals surface area (Å²) < 4.78 is 1.05. The topological polar surface area (TPSA) is 56.7 Å². The molecule has 0 unspecified atom stereocenters. The van der Waals surface area contributed by atoms with Gasteiger partial charge in [-0.05, 0) is 18.2 Å². The van der Waals surface area contributed by atoms with E-state index in [0.717, 1.165) is 42.0 Å². The highest BCUT2D eigenvalue weighted by Gasteiger charge is 2.21. The van der Waals surface area contributed by atoms with E-state index in [4.69, 9.17) is 5.11 Å². The maximum atomic E-state index is 12.5. The Morgan fingerprint density at radius 3 is 2.85 bits per heavy atom. The summed E-state index contributed by atoms with van der Waals surface area (Å²) in [6.07, 6.45) is 0. The van der Waals surface area contributed by atoms with Crippen molar-refractivity contribution in [3.05, 3.63) is 29.3 Å². The molecule has 2 heterocycles. The summed E-state index contributed by atoms with van der Waals surface area (Å²) in [7, 11) is 0. The predicted octanol–water partition coefficient (Wildman–Crippen LogP) is 1.05. The van der Waals surface area contributed by atoms with E-state index in [0.29, 0.717) is 6.54 Å². The zero-order chi connectivity index (χ0) is 13.9. The van der Waals surface area contributed by atoms with E-state index in [-0.39, 0.29) is 12.5 Å². The lowest BCUT2D eigenvalue weighted by atomic mass is 10.1. The molecule has 0 saturated carbocycles. The van der Waals surface area contributed by atoms with Crippen molar-refractivity contribution >= 4 is 27.5 Å². The van der Waals surface area contributed by atoms with E-state index in [1.54, 1.807) is 16.8 Å². The van der Waals surface area contributed by atoms with Crippen molar-refractivity contribution in [2.45, 2.75) is 0 Å². The van der Waals surface area contributed by atoms with Crippen LogP contribution in [0.5, 0.6) is 0 Å². The van der Waals surface area contributed by atoms with E-state index < -0.39 is 0 Å². The fourth-order valence-corrected chi connectivity index (χ4v) is 3.20. The molecule has 1 amide bonds. The van der Waals surface area contributed by atoms with Crippen molar-refractivity contribution in [2.24, 2.45) is 0 Å². The SMILES string of the molecule is O=C(c1ccc2ncsc2c1)N1CCN(CCO)CC1. The molecule has 1 saturated heterocycles. The largest absolute Gasteiger partial charge is 0.395 e. The van der Waals surface area contributed by atoms with Gasteiger partial charge in [-0.15, -0.1) is 11.3 Å². The van der Waals surface area contributed by atoms with Crippen LogP contribution in [0.4, 0.5) is 0 Å². The Labute approximate surface area is 121 Å². The molecule has 0 spiro atoms. The molecule has 2 aromatic rings. The molecule has 3 rings (SSSR count). The van der Waals surface area contributed by atoms with Crippen molar-refractivity contribution in [3.8, 4) is 0 Å². The first-order chi connectivity index (χ1) is 9.78. The van der Waals surface area contributed by atoms with Crippen LogP contribution < -0.4 is 0 Å². The number of benzene rings is 1. The average molecular weight is 291 g/mol. The minimum Gasteiger partial charge on any atom is -0.395 e. The number of β-amino-alcohol motifs (C(OH)–C–C–N with tert-alkyl or cyclic N) is 1. The summed E-state index contributed by atoms with van der Waals surface area (Å²) in [5.41, 5.74) is 3.48. The summed E-state index contributed by atoms with van der Waals surface area (Å²) in [6.45, 7) is 3.97. The van der Waals surface area contributed by atoms with Crippen molar-refractivity contribution in [2.75, 3.05) is 39.3 Å². The fourth-order valence-electron chi connectivity index (χ4n) is 2.49. The monoisotopic (exact) mass is 291 g/mol. The maximum absolute atomic E-state index is 12.5. The number of carbonyl (C=O) groups excluding carboxylic acids is 1. The van der Waals surface area contributed by atoms with Crippen LogP contribution in [-0.2, 0) is 0 Å². The Morgan fingerprint density at radius 1 is 1.30 bits per heavy atom. The van der Waals surface area contributed by atoms with Gasteiger partial charge in [-0.3, -0.25) is 9.69 Å². The molecule has 1 aliphatic rings. The number of hydrogen-bond acceptors (Lipinski definition) is 5. The smallest absolute Gasteiger partial charge is 0.253 e. The molecule has 1 aromatic carbocycles. The van der Waals surface area contributed by atoms with Gasteiger partial charge >= 0.3 is 0 Å². The molecule has 6 heteroatoms. The third-order valence-electron chi connectivity index (χ3n) is 3.65. The van der Waals surface area contributed by atoms with Gasteiger partial charge < -0.3 is 10.0 Å². The van der Waals surface area contributed by atoms with Crippen molar-refractivity contribution in [3.63, 3.8) is 0 Å². The van der Waals surface area contributed by atoms with E-state index in [2.05, 4.69) is 9.88 Å². The fraction of sp³-hybridized carbons (Fsp3) is 0.429. The normalized spacial score (nSPS) is 16.8. The van der Waals surface area contributed by atoms with Crippen LogP contribution in [0.2, 0.25) is 0 Å². The van der Waals surface area contributed by atoms with Crippen LogP contribution in [0.15, 0.2) is 23.7 Å². The molecule has 0 atom stereocenters. The van der Waals surface area contributed by atoms with Crippen LogP contribution in [0.3, 0.4) is 0 Å². The first-order valence-electron chi connectivity index (χ1n) is 6.73. The van der Waals surface area contributed by atoms with Crippen LogP contribution >= 0.6 is 11.3 Å². The third-order valence-corrected chi connectivity index (χ3v) is 4.45. The number of piperazine rings is 1. The Balaban J connectivity index is 1.69. The Kier molecular flexibility index (Phi) is 3.95. The highest BCUT2D eigenvalue weighted by Crippen LogP contribution is 2.20. The van der Waals surface area contributed by atoms with Crippen LogP contribution in [-0.4, -0.2) is 65.1 Å². The molecule has 0 aliphatic carbocycles. The quantitative estimate of drug-likeness (QED) is 0.918. The molecule has 1 aromatic heterocycles. The summed E-state index contributed by atoms with van der Waals surface area (Å²) in [5, 5.41) is 8.92. The molecule has 20 heavy (non-hydrogen) atoms. The number of rotatable bonds is 3. The van der Waals surface area contributed by atoms with Gasteiger partial charge in [0.1, 0.15) is 0 Å². The van der Waals surface area contributed by atoms with Gasteiger partial charge in [-0.2, -0.15) is 0 Å². The van der Waals surface area contributed by atoms with Gasteiger partial charge in [0.05, 0.1) is 22.3 Å². The standard InChI is InChI=1S/C14H17N3O2S/c18-8-7-16-3-5-17(6-4-16)14(19)11-1-2-12-13(9-11)20-10-15-12/h1-2,9-10,18H,3-8H2. The molecular formula is C14H17N3O2S. The molecule has 5 nitrogen and oxygen atoms in total. The molecular weight excluding hydrogens is 274 g/mol. The minimum atomic E-state index is 0.0870. The number of carbonyl (C=O) groups is 1. The summed E-state index contributed by atoms with van der Waals surface area (Å²) in [6, 6.07) is 5.68. The number of nitrogens with zero attached hydrogens (tertiary/aromatic N) is 3. The average Bonchev–Trinajstić information content (AvgIpc) is 2.95. The number of aliphatic hydroxyl groups excluding tert-OH is 1. The minimum absolute atomic E-state index is 0.0870. The number of fused-ring (bicyclic) bond motifs is 1. The second kappa shape index (κ2) is 5.87. The van der Waals surface area contributed by atoms with E-state index in [9.17, 15) is 4.79 Å². The van der Waals surface area contributed by atoms with Crippen LogP contribution in [0, 0.1) is 0 Å². The molecule has 1 aliphatic heterocycles. The number of hydrogen-bond donors (Lipinski definition) is 1. The van der Waals surface area contributed by atoms with E-state index >= 15 is 0 Å². The maximum Gasteiger partial charge on any atom is 0.253 e. The molecule has 1 fully saturated rings. The van der Waals surface area contributed by atoms with Gasteiger partial charge in [0.2, 0.25) is 0 Å². The van der Waals surface area contributed by atoms with Crippen LogP contribution in [0.1, 0.15) is 10.4 Å². The number of aliphatic hydroxyl groups is 1. The Hall–Kier alpha value is -1.50. The molecule has 0 bridgehead atoms. The second-order valence-electron chi connectivity index (χ2n) is 4.89. The first-order valence-corrected chi connectivity index (χ1v) is 7.61. The second-order valence-corrected chi connectivity index (χ2v) is 5.78. The lowest BCUT2D eigenvalue weighted by Crippen LogP contribution is -2.49. The Bertz CT molecular complexity index is 605. The predicted molar refractivity (Wildman–Crippen MR) is 79.0 cm³/mol. The first kappa shape index (κ1) is 13.5. The van der Waals surface area contributed by atoms with Crippen LogP contribution in [0.25, 0.3) is 10.2 Å². The van der Waals surface area contributed by atoms with Gasteiger partial charge in [0.15, 0.2) is 0 Å². The number of thiazole rings is 1. The number of amides is 1. The summed E-state index contributed by atoms with van der Waals surface area (Å²) in [4.78, 5) is 20.8. The van der Waals surface area contributed by atoms with Gasteiger partial charge in [-0.25, -0.2) is 4.98 Å². The Morgan fingerprint density at radius 2 is 2.10 bits per heavy atom. The lowest BCUT2D eigenvalue weighted by molar-refractivity contribution is 0.0615. The van der Waals surface area contributed by atoms with Gasteiger partial charge in [0.25, 0.3) is 5.91 Å². The summed E-state index contributed by atoms with van der Waals surface area (Å²) in [5.74, 6) is 0.0870. The highest BCUT2D eigenvalue weighted by molar-refractivity contribution is 7.16. The van der Waals surface area contributed by atoms with Crippen molar-refractivity contribution in [1.82, 2.24) is 14.8 Å². The van der Waals surface area contributed by atoms with Gasteiger partial charge in [0, 0.05) is 38.3 Å². The number of aromatic nitrogens is 1. The molecule has 106 valence electrons. The highest BCUT2D eigenvalue weighted by atomic mass is 32.1. The van der Waals surface area contributed by atoms with E-state index in [1.807, 2.05) is 23.1 Å². The van der Waals surface area contributed by atoms with E-state index in [1.165, 1.54) is 0 Å². The van der Waals surface area contributed by atoms with Gasteiger partial charge in [-0.1, -0.05) is 0 Å². The third kappa shape index (κ3) is 2.67. The van der Waals surface area contributed by atoms with Crippen molar-refractivity contribution in [1.29, 1.82) is 0 Å². The molecule has 1 N–H and O–H groups in total. The zero-order valence-electron chi connectivity index (χ0n) is 11.2. The molecule has 0 radical (unpaired) electrons. The summed E-state index contributed by atoms with van der Waals surface area (Å²) >= 11 is 1.55. The lowest BCUT2D eigenvalue weighted by Gasteiger charge is -2.34. The zero-order valence-corrected chi connectivity index (χ0v) is 12.0.